The topological polar surface area (TPSA) is 111 Å². The second-order valence-electron chi connectivity index (χ2n) is 6.39. The summed E-state index contributed by atoms with van der Waals surface area (Å²) in [5.41, 5.74) is 1.27. The molecular weight excluding hydrogens is 396 g/mol. The van der Waals surface area contributed by atoms with Crippen LogP contribution in [0.3, 0.4) is 0 Å². The molecule has 0 saturated carbocycles. The highest BCUT2D eigenvalue weighted by atomic mass is 32.2. The van der Waals surface area contributed by atoms with Gasteiger partial charge in [-0.3, -0.25) is 9.59 Å². The van der Waals surface area contributed by atoms with Crippen molar-refractivity contribution in [1.29, 1.82) is 0 Å². The van der Waals surface area contributed by atoms with Gasteiger partial charge in [0.2, 0.25) is 11.8 Å². The van der Waals surface area contributed by atoms with Gasteiger partial charge in [0.05, 0.1) is 31.6 Å². The summed E-state index contributed by atoms with van der Waals surface area (Å²) in [7, 11) is -1.05. The number of ether oxygens (including phenoxy) is 2. The molecule has 0 saturated heterocycles. The zero-order valence-electron chi connectivity index (χ0n) is 16.7. The Morgan fingerprint density at radius 2 is 1.69 bits per heavy atom. The van der Waals surface area contributed by atoms with E-state index in [0.717, 1.165) is 0 Å². The highest BCUT2D eigenvalue weighted by Crippen LogP contribution is 2.23. The summed E-state index contributed by atoms with van der Waals surface area (Å²) in [4.78, 5) is 23.9. The van der Waals surface area contributed by atoms with Crippen LogP contribution in [0.25, 0.3) is 0 Å². The Morgan fingerprint density at radius 1 is 1.03 bits per heavy atom. The summed E-state index contributed by atoms with van der Waals surface area (Å²) >= 11 is 0. The predicted molar refractivity (Wildman–Crippen MR) is 107 cm³/mol. The first-order chi connectivity index (χ1) is 13.7. The molecule has 8 nitrogen and oxygen atoms in total. The molecule has 0 fully saturated rings. The Balaban J connectivity index is 2.17. The van der Waals surface area contributed by atoms with Crippen LogP contribution in [0, 0.1) is 6.92 Å². The smallest absolute Gasteiger partial charge is 0.264 e. The third kappa shape index (κ3) is 5.95. The molecule has 9 heteroatoms. The number of rotatable bonds is 8. The van der Waals surface area contributed by atoms with Gasteiger partial charge in [-0.15, -0.1) is 0 Å². The Labute approximate surface area is 170 Å². The molecule has 0 spiro atoms. The molecule has 2 aromatic rings. The van der Waals surface area contributed by atoms with Crippen molar-refractivity contribution >= 4 is 21.8 Å². The molecular formula is C20H24N2O6S. The molecule has 0 aromatic heterocycles. The number of nitrogens with one attached hydrogen (secondary N) is 2. The van der Waals surface area contributed by atoms with Gasteiger partial charge < -0.3 is 14.8 Å². The number of carbonyl (C=O) groups excluding carboxylic acids is 2. The molecule has 0 aliphatic heterocycles. The van der Waals surface area contributed by atoms with Gasteiger partial charge in [-0.2, -0.15) is 0 Å². The zero-order chi connectivity index (χ0) is 21.6. The SMILES string of the molecule is COc1ccc(C(CC(=O)NS(=O)(=O)c2ccc(OC)c(C)c2)NC(C)=O)cc1. The lowest BCUT2D eigenvalue weighted by atomic mass is 10.0. The lowest BCUT2D eigenvalue weighted by molar-refractivity contribution is -0.121. The van der Waals surface area contributed by atoms with Crippen molar-refractivity contribution in [2.24, 2.45) is 0 Å². The van der Waals surface area contributed by atoms with Crippen LogP contribution in [0.5, 0.6) is 11.5 Å². The minimum Gasteiger partial charge on any atom is -0.497 e. The minimum absolute atomic E-state index is 0.0512. The Bertz CT molecular complexity index is 987. The first-order valence-corrected chi connectivity index (χ1v) is 10.3. The Kier molecular flexibility index (Phi) is 7.22. The second-order valence-corrected chi connectivity index (χ2v) is 8.07. The molecule has 1 atom stereocenters. The van der Waals surface area contributed by atoms with Gasteiger partial charge in [0.15, 0.2) is 0 Å². The molecule has 2 rings (SSSR count). The fourth-order valence-corrected chi connectivity index (χ4v) is 3.87. The van der Waals surface area contributed by atoms with Crippen molar-refractivity contribution in [2.75, 3.05) is 14.2 Å². The third-order valence-electron chi connectivity index (χ3n) is 4.21. The largest absolute Gasteiger partial charge is 0.497 e. The van der Waals surface area contributed by atoms with E-state index >= 15 is 0 Å². The third-order valence-corrected chi connectivity index (χ3v) is 5.58. The summed E-state index contributed by atoms with van der Waals surface area (Å²) in [6, 6.07) is 10.4. The van der Waals surface area contributed by atoms with E-state index in [9.17, 15) is 18.0 Å². The number of methoxy groups -OCH3 is 2. The maximum absolute atomic E-state index is 12.5. The lowest BCUT2D eigenvalue weighted by Gasteiger charge is -2.18. The quantitative estimate of drug-likeness (QED) is 0.677. The lowest BCUT2D eigenvalue weighted by Crippen LogP contribution is -2.35. The standard InChI is InChI=1S/C20H24N2O6S/c1-13-11-17(9-10-19(13)28-4)29(25,26)22-20(24)12-18(21-14(2)23)15-5-7-16(27-3)8-6-15/h5-11,18H,12H2,1-4H3,(H,21,23)(H,22,24). The summed E-state index contributed by atoms with van der Waals surface area (Å²) in [5.74, 6) is 0.0815. The van der Waals surface area contributed by atoms with E-state index in [0.29, 0.717) is 22.6 Å². The van der Waals surface area contributed by atoms with Gasteiger partial charge in [-0.05, 0) is 48.4 Å². The number of amides is 2. The predicted octanol–water partition coefficient (Wildman–Crippen LogP) is 2.08. The average molecular weight is 420 g/mol. The van der Waals surface area contributed by atoms with E-state index in [2.05, 4.69) is 5.32 Å². The second kappa shape index (κ2) is 9.42. The highest BCUT2D eigenvalue weighted by Gasteiger charge is 2.23. The molecule has 1 unspecified atom stereocenters. The van der Waals surface area contributed by atoms with Crippen LogP contribution in [0.2, 0.25) is 0 Å². The Hall–Kier alpha value is -3.07. The first kappa shape index (κ1) is 22.2. The maximum Gasteiger partial charge on any atom is 0.264 e. The van der Waals surface area contributed by atoms with E-state index < -0.39 is 22.0 Å². The van der Waals surface area contributed by atoms with Crippen molar-refractivity contribution in [3.63, 3.8) is 0 Å². The van der Waals surface area contributed by atoms with Gasteiger partial charge in [0.25, 0.3) is 10.0 Å². The van der Waals surface area contributed by atoms with Gasteiger partial charge in [0.1, 0.15) is 11.5 Å². The normalized spacial score (nSPS) is 12.0. The van der Waals surface area contributed by atoms with E-state index in [1.54, 1.807) is 31.2 Å². The van der Waals surface area contributed by atoms with E-state index in [4.69, 9.17) is 9.47 Å². The fourth-order valence-electron chi connectivity index (χ4n) is 2.79. The van der Waals surface area contributed by atoms with E-state index in [-0.39, 0.29) is 17.2 Å². The summed E-state index contributed by atoms with van der Waals surface area (Å²) in [5, 5.41) is 2.66. The molecule has 0 bridgehead atoms. The van der Waals surface area contributed by atoms with Crippen LogP contribution < -0.4 is 19.5 Å². The van der Waals surface area contributed by atoms with Crippen molar-refractivity contribution in [2.45, 2.75) is 31.2 Å². The van der Waals surface area contributed by atoms with Crippen LogP contribution in [0.4, 0.5) is 0 Å². The summed E-state index contributed by atoms with van der Waals surface area (Å²) in [6.07, 6.45) is -0.250. The van der Waals surface area contributed by atoms with E-state index in [1.807, 2.05) is 4.72 Å². The number of benzene rings is 2. The van der Waals surface area contributed by atoms with E-state index in [1.165, 1.54) is 39.3 Å². The number of carbonyl (C=O) groups is 2. The van der Waals surface area contributed by atoms with Gasteiger partial charge in [0, 0.05) is 6.92 Å². The maximum atomic E-state index is 12.5. The van der Waals surface area contributed by atoms with Crippen molar-refractivity contribution in [3.05, 3.63) is 53.6 Å². The van der Waals surface area contributed by atoms with Crippen LogP contribution in [-0.4, -0.2) is 34.5 Å². The number of hydrogen-bond donors (Lipinski definition) is 2. The van der Waals surface area contributed by atoms with Crippen LogP contribution in [-0.2, 0) is 19.6 Å². The minimum atomic E-state index is -4.06. The molecule has 0 heterocycles. The molecule has 0 radical (unpaired) electrons. The highest BCUT2D eigenvalue weighted by molar-refractivity contribution is 7.90. The van der Waals surface area contributed by atoms with Crippen molar-refractivity contribution in [1.82, 2.24) is 10.0 Å². The van der Waals surface area contributed by atoms with Crippen LogP contribution >= 0.6 is 0 Å². The van der Waals surface area contributed by atoms with Gasteiger partial charge in [-0.1, -0.05) is 12.1 Å². The molecule has 156 valence electrons. The van der Waals surface area contributed by atoms with Crippen LogP contribution in [0.1, 0.15) is 30.5 Å². The number of sulfonamides is 1. The molecule has 29 heavy (non-hydrogen) atoms. The summed E-state index contributed by atoms with van der Waals surface area (Å²) in [6.45, 7) is 3.03. The first-order valence-electron chi connectivity index (χ1n) is 8.77. The van der Waals surface area contributed by atoms with Gasteiger partial charge in [-0.25, -0.2) is 13.1 Å². The van der Waals surface area contributed by atoms with Gasteiger partial charge >= 0.3 is 0 Å². The Morgan fingerprint density at radius 3 is 2.21 bits per heavy atom. The molecule has 0 aliphatic rings. The molecule has 0 aliphatic carbocycles. The number of aryl methyl sites for hydroxylation is 1. The monoisotopic (exact) mass is 420 g/mol. The summed E-state index contributed by atoms with van der Waals surface area (Å²) < 4.78 is 37.3. The fraction of sp³-hybridized carbons (Fsp3) is 0.300. The van der Waals surface area contributed by atoms with Crippen molar-refractivity contribution < 1.29 is 27.5 Å². The zero-order valence-corrected chi connectivity index (χ0v) is 17.5. The average Bonchev–Trinajstić information content (AvgIpc) is 2.66. The molecule has 2 N–H and O–H groups in total. The van der Waals surface area contributed by atoms with Crippen molar-refractivity contribution in [3.8, 4) is 11.5 Å². The molecule has 2 amide bonds. The molecule has 2 aromatic carbocycles. The van der Waals surface area contributed by atoms with Crippen LogP contribution in [0.15, 0.2) is 47.4 Å². The number of hydrogen-bond acceptors (Lipinski definition) is 6.